The van der Waals surface area contributed by atoms with E-state index >= 15 is 0 Å². The van der Waals surface area contributed by atoms with E-state index in [1.165, 1.54) is 6.42 Å². The molecule has 0 aromatic rings. The predicted octanol–water partition coefficient (Wildman–Crippen LogP) is 0.261. The highest BCUT2D eigenvalue weighted by molar-refractivity contribution is 5.73. The summed E-state index contributed by atoms with van der Waals surface area (Å²) in [4.78, 5) is 25.6. The van der Waals surface area contributed by atoms with E-state index in [-0.39, 0.29) is 6.10 Å². The van der Waals surface area contributed by atoms with E-state index in [4.69, 9.17) is 9.84 Å². The molecule has 1 heterocycles. The van der Waals surface area contributed by atoms with Gasteiger partial charge in [0.2, 0.25) is 0 Å². The Balaban J connectivity index is 1.97. The summed E-state index contributed by atoms with van der Waals surface area (Å²) in [7, 11) is 0. The number of amides is 2. The van der Waals surface area contributed by atoms with Gasteiger partial charge in [-0.2, -0.15) is 0 Å². The Morgan fingerprint density at radius 2 is 2.24 bits per heavy atom. The van der Waals surface area contributed by atoms with Gasteiger partial charge in [-0.25, -0.2) is 15.1 Å². The molecule has 0 aromatic carbocycles. The van der Waals surface area contributed by atoms with Crippen LogP contribution in [0.1, 0.15) is 25.7 Å². The summed E-state index contributed by atoms with van der Waals surface area (Å²) in [6.07, 6.45) is 4.26. The van der Waals surface area contributed by atoms with Gasteiger partial charge in [0.05, 0.1) is 6.10 Å². The second-order valence-corrected chi connectivity index (χ2v) is 3.82. The zero-order valence-electron chi connectivity index (χ0n) is 9.61. The van der Waals surface area contributed by atoms with E-state index in [9.17, 15) is 9.59 Å². The van der Waals surface area contributed by atoms with Gasteiger partial charge in [-0.1, -0.05) is 0 Å². The zero-order valence-corrected chi connectivity index (χ0v) is 9.61. The summed E-state index contributed by atoms with van der Waals surface area (Å²) in [5.74, 6) is -1.14. The Morgan fingerprint density at radius 3 is 2.88 bits per heavy atom. The molecule has 3 N–H and O–H groups in total. The minimum Gasteiger partial charge on any atom is -0.479 e. The lowest BCUT2D eigenvalue weighted by Crippen LogP contribution is -2.38. The number of carbonyl (C=O) groups excluding carboxylic acids is 1. The highest BCUT2D eigenvalue weighted by Gasteiger charge is 2.13. The van der Waals surface area contributed by atoms with Crippen molar-refractivity contribution in [2.75, 3.05) is 19.8 Å². The van der Waals surface area contributed by atoms with Crippen LogP contribution in [0.3, 0.4) is 0 Å². The van der Waals surface area contributed by atoms with Crippen LogP contribution >= 0.6 is 0 Å². The Bertz CT molecular complexity index is 253. The normalized spacial score (nSPS) is 19.6. The standard InChI is InChI=1S/C10H18N2O5/c13-9(14)7-17-12-10(15)11-5-4-8-3-1-2-6-16-8/h8H,1-7H2,(H,13,14)(H2,11,12,15). The fourth-order valence-electron chi connectivity index (χ4n) is 1.58. The second-order valence-electron chi connectivity index (χ2n) is 3.82. The van der Waals surface area contributed by atoms with Crippen molar-refractivity contribution >= 4 is 12.0 Å². The summed E-state index contributed by atoms with van der Waals surface area (Å²) >= 11 is 0. The van der Waals surface area contributed by atoms with Crippen molar-refractivity contribution < 1.29 is 24.3 Å². The number of carboxylic acid groups (broad SMARTS) is 1. The highest BCUT2D eigenvalue weighted by atomic mass is 16.7. The van der Waals surface area contributed by atoms with Gasteiger partial charge in [0.25, 0.3) is 0 Å². The lowest BCUT2D eigenvalue weighted by molar-refractivity contribution is -0.144. The van der Waals surface area contributed by atoms with Gasteiger partial charge in [-0.3, -0.25) is 4.84 Å². The molecule has 1 fully saturated rings. The minimum absolute atomic E-state index is 0.212. The maximum absolute atomic E-state index is 11.1. The molecule has 0 spiro atoms. The zero-order chi connectivity index (χ0) is 12.5. The molecule has 1 unspecified atom stereocenters. The van der Waals surface area contributed by atoms with Gasteiger partial charge < -0.3 is 15.2 Å². The molecule has 7 heteroatoms. The van der Waals surface area contributed by atoms with Crippen LogP contribution < -0.4 is 10.8 Å². The first-order valence-electron chi connectivity index (χ1n) is 5.67. The number of ether oxygens (including phenoxy) is 1. The summed E-state index contributed by atoms with van der Waals surface area (Å²) in [6.45, 7) is 0.713. The second kappa shape index (κ2) is 7.86. The lowest BCUT2D eigenvalue weighted by Gasteiger charge is -2.22. The molecule has 17 heavy (non-hydrogen) atoms. The van der Waals surface area contributed by atoms with Crippen LogP contribution in [0.4, 0.5) is 4.79 Å². The third kappa shape index (κ3) is 6.75. The first-order chi connectivity index (χ1) is 8.18. The number of nitrogens with one attached hydrogen (secondary N) is 2. The first-order valence-corrected chi connectivity index (χ1v) is 5.67. The Labute approximate surface area is 99.4 Å². The fourth-order valence-corrected chi connectivity index (χ4v) is 1.58. The maximum atomic E-state index is 11.1. The number of carbonyl (C=O) groups is 2. The summed E-state index contributed by atoms with van der Waals surface area (Å²) < 4.78 is 5.49. The lowest BCUT2D eigenvalue weighted by atomic mass is 10.1. The van der Waals surface area contributed by atoms with Crippen LogP contribution in [0, 0.1) is 0 Å². The van der Waals surface area contributed by atoms with Gasteiger partial charge >= 0.3 is 12.0 Å². The predicted molar refractivity (Wildman–Crippen MR) is 58.3 cm³/mol. The van der Waals surface area contributed by atoms with Gasteiger partial charge in [0, 0.05) is 13.2 Å². The van der Waals surface area contributed by atoms with Crippen molar-refractivity contribution in [2.45, 2.75) is 31.8 Å². The SMILES string of the molecule is O=C(O)CONC(=O)NCCC1CCCCO1. The number of carboxylic acids is 1. The van der Waals surface area contributed by atoms with Crippen molar-refractivity contribution in [1.29, 1.82) is 0 Å². The van der Waals surface area contributed by atoms with Crippen LogP contribution in [0.15, 0.2) is 0 Å². The molecule has 1 saturated heterocycles. The van der Waals surface area contributed by atoms with Gasteiger partial charge in [-0.05, 0) is 25.7 Å². The third-order valence-corrected chi connectivity index (χ3v) is 2.39. The molecule has 1 aliphatic rings. The summed E-state index contributed by atoms with van der Waals surface area (Å²) in [5.41, 5.74) is 1.98. The van der Waals surface area contributed by atoms with E-state index in [0.717, 1.165) is 25.9 Å². The smallest absolute Gasteiger partial charge is 0.338 e. The number of urea groups is 1. The number of hydroxylamine groups is 1. The van der Waals surface area contributed by atoms with Crippen molar-refractivity contribution in [3.8, 4) is 0 Å². The van der Waals surface area contributed by atoms with E-state index in [1.807, 2.05) is 5.48 Å². The number of hydrogen-bond donors (Lipinski definition) is 3. The van der Waals surface area contributed by atoms with Crippen LogP contribution in [-0.2, 0) is 14.4 Å². The summed E-state index contributed by atoms with van der Waals surface area (Å²) in [6, 6.07) is -0.540. The Morgan fingerprint density at radius 1 is 1.41 bits per heavy atom. The van der Waals surface area contributed by atoms with Gasteiger partial charge in [0.15, 0.2) is 6.61 Å². The first kappa shape index (κ1) is 13.7. The van der Waals surface area contributed by atoms with Crippen LogP contribution in [0.25, 0.3) is 0 Å². The topological polar surface area (TPSA) is 96.9 Å². The third-order valence-electron chi connectivity index (χ3n) is 2.39. The molecule has 0 aromatic heterocycles. The largest absolute Gasteiger partial charge is 0.479 e. The molecule has 2 amide bonds. The van der Waals surface area contributed by atoms with Crippen molar-refractivity contribution in [2.24, 2.45) is 0 Å². The number of aliphatic carboxylic acids is 1. The van der Waals surface area contributed by atoms with Crippen molar-refractivity contribution in [3.05, 3.63) is 0 Å². The number of rotatable bonds is 6. The van der Waals surface area contributed by atoms with Gasteiger partial charge in [-0.15, -0.1) is 0 Å². The molecule has 0 saturated carbocycles. The molecule has 1 atom stereocenters. The molecule has 0 radical (unpaired) electrons. The van der Waals surface area contributed by atoms with Gasteiger partial charge in [0.1, 0.15) is 0 Å². The fraction of sp³-hybridized carbons (Fsp3) is 0.800. The van der Waals surface area contributed by atoms with Crippen molar-refractivity contribution in [1.82, 2.24) is 10.8 Å². The molecular weight excluding hydrogens is 228 g/mol. The average molecular weight is 246 g/mol. The molecule has 0 aliphatic carbocycles. The highest BCUT2D eigenvalue weighted by Crippen LogP contribution is 2.14. The Hall–Kier alpha value is -1.34. The Kier molecular flexibility index (Phi) is 6.34. The molecular formula is C10H18N2O5. The average Bonchev–Trinajstić information content (AvgIpc) is 2.30. The number of hydrogen-bond acceptors (Lipinski definition) is 4. The van der Waals surface area contributed by atoms with Crippen molar-refractivity contribution in [3.63, 3.8) is 0 Å². The molecule has 1 aliphatic heterocycles. The monoisotopic (exact) mass is 246 g/mol. The molecule has 0 bridgehead atoms. The molecule has 98 valence electrons. The van der Waals surface area contributed by atoms with E-state index in [2.05, 4.69) is 10.2 Å². The van der Waals surface area contributed by atoms with E-state index in [0.29, 0.717) is 6.54 Å². The van der Waals surface area contributed by atoms with E-state index < -0.39 is 18.6 Å². The van der Waals surface area contributed by atoms with Crippen LogP contribution in [0.2, 0.25) is 0 Å². The van der Waals surface area contributed by atoms with E-state index in [1.54, 1.807) is 0 Å². The minimum atomic E-state index is -1.14. The van der Waals surface area contributed by atoms with Crippen LogP contribution in [-0.4, -0.2) is 43.0 Å². The quantitative estimate of drug-likeness (QED) is 0.584. The van der Waals surface area contributed by atoms with Crippen LogP contribution in [0.5, 0.6) is 0 Å². The molecule has 7 nitrogen and oxygen atoms in total. The summed E-state index contributed by atoms with van der Waals surface area (Å²) in [5, 5.41) is 10.8. The molecule has 1 rings (SSSR count). The maximum Gasteiger partial charge on any atom is 0.338 e.